The number of aliphatic hydroxyl groups excluding tert-OH is 1. The molecule has 7 heteroatoms. The molecule has 2 rings (SSSR count). The summed E-state index contributed by atoms with van der Waals surface area (Å²) in [5.41, 5.74) is -0.168. The first-order valence-electron chi connectivity index (χ1n) is 6.40. The number of rotatable bonds is 4. The fourth-order valence-electron chi connectivity index (χ4n) is 2.14. The molecule has 1 fully saturated rings. The molecule has 0 saturated carbocycles. The van der Waals surface area contributed by atoms with Crippen molar-refractivity contribution in [2.75, 3.05) is 19.7 Å². The maximum atomic E-state index is 11.9. The van der Waals surface area contributed by atoms with Gasteiger partial charge in [-0.1, -0.05) is 12.1 Å². The Labute approximate surface area is 115 Å². The number of benzene rings is 1. The van der Waals surface area contributed by atoms with Crippen LogP contribution in [-0.4, -0.2) is 46.6 Å². The highest BCUT2D eigenvalue weighted by Crippen LogP contribution is 2.25. The first-order chi connectivity index (χ1) is 9.58. The summed E-state index contributed by atoms with van der Waals surface area (Å²) in [7, 11) is 0. The zero-order valence-corrected chi connectivity index (χ0v) is 10.9. The van der Waals surface area contributed by atoms with Crippen molar-refractivity contribution in [3.8, 4) is 5.75 Å². The molecular weight excluding hydrogens is 264 g/mol. The van der Waals surface area contributed by atoms with Crippen LogP contribution in [0.5, 0.6) is 5.75 Å². The van der Waals surface area contributed by atoms with Gasteiger partial charge in [-0.05, 0) is 18.9 Å². The molecule has 1 amide bonds. The highest BCUT2D eigenvalue weighted by atomic mass is 16.6. The van der Waals surface area contributed by atoms with Gasteiger partial charge in [0.05, 0.1) is 11.0 Å². The van der Waals surface area contributed by atoms with Crippen molar-refractivity contribution in [1.82, 2.24) is 4.90 Å². The number of carbonyl (C=O) groups excluding carboxylic acids is 1. The molecule has 1 aliphatic heterocycles. The zero-order valence-electron chi connectivity index (χ0n) is 10.9. The van der Waals surface area contributed by atoms with Crippen molar-refractivity contribution in [3.63, 3.8) is 0 Å². The average molecular weight is 280 g/mol. The molecule has 108 valence electrons. The van der Waals surface area contributed by atoms with E-state index in [1.54, 1.807) is 6.07 Å². The van der Waals surface area contributed by atoms with E-state index in [4.69, 9.17) is 4.74 Å². The summed E-state index contributed by atoms with van der Waals surface area (Å²) in [6.45, 7) is 0.604. The van der Waals surface area contributed by atoms with Crippen LogP contribution in [0.25, 0.3) is 0 Å². The lowest BCUT2D eigenvalue weighted by Gasteiger charge is -2.29. The molecule has 1 saturated heterocycles. The van der Waals surface area contributed by atoms with Gasteiger partial charge < -0.3 is 14.7 Å². The molecule has 1 heterocycles. The Bertz CT molecular complexity index is 505. The van der Waals surface area contributed by atoms with E-state index < -0.39 is 11.0 Å². The van der Waals surface area contributed by atoms with Crippen molar-refractivity contribution in [3.05, 3.63) is 34.4 Å². The second-order valence-electron chi connectivity index (χ2n) is 4.65. The normalized spacial score (nSPS) is 18.6. The van der Waals surface area contributed by atoms with Crippen molar-refractivity contribution < 1.29 is 19.6 Å². The van der Waals surface area contributed by atoms with E-state index in [-0.39, 0.29) is 24.0 Å². The molecule has 0 aromatic heterocycles. The molecule has 1 aromatic rings. The lowest BCUT2D eigenvalue weighted by Crippen LogP contribution is -2.44. The van der Waals surface area contributed by atoms with Gasteiger partial charge in [0.1, 0.15) is 0 Å². The fraction of sp³-hybridized carbons (Fsp3) is 0.462. The topological polar surface area (TPSA) is 92.9 Å². The summed E-state index contributed by atoms with van der Waals surface area (Å²) >= 11 is 0. The van der Waals surface area contributed by atoms with Crippen LogP contribution in [0, 0.1) is 10.1 Å². The highest BCUT2D eigenvalue weighted by molar-refractivity contribution is 5.78. The number of aliphatic hydroxyl groups is 1. The number of carbonyl (C=O) groups is 1. The summed E-state index contributed by atoms with van der Waals surface area (Å²) in [6.07, 6.45) is 0.937. The second kappa shape index (κ2) is 6.33. The minimum absolute atomic E-state index is 0.0726. The van der Waals surface area contributed by atoms with Crippen LogP contribution in [0.4, 0.5) is 5.69 Å². The number of ether oxygens (including phenoxy) is 1. The minimum atomic E-state index is -0.551. The number of amides is 1. The first kappa shape index (κ1) is 14.3. The van der Waals surface area contributed by atoms with Gasteiger partial charge in [0.2, 0.25) is 0 Å². The summed E-state index contributed by atoms with van der Waals surface area (Å²) < 4.78 is 5.23. The standard InChI is InChI=1S/C13H16N2O5/c16-10-4-3-7-14(8-10)13(17)9-20-12-6-2-1-5-11(12)15(18)19/h1-2,5-6,10,16H,3-4,7-9H2/t10-/m0/s1. The lowest BCUT2D eigenvalue weighted by atomic mass is 10.1. The van der Waals surface area contributed by atoms with Gasteiger partial charge in [-0.3, -0.25) is 14.9 Å². The van der Waals surface area contributed by atoms with Crippen LogP contribution in [0.3, 0.4) is 0 Å². The molecular formula is C13H16N2O5. The number of nitro groups is 1. The molecule has 7 nitrogen and oxygen atoms in total. The van der Waals surface area contributed by atoms with E-state index in [0.29, 0.717) is 19.5 Å². The Morgan fingerprint density at radius 2 is 2.25 bits per heavy atom. The molecule has 0 spiro atoms. The summed E-state index contributed by atoms with van der Waals surface area (Å²) in [5.74, 6) is -0.203. The number of nitro benzene ring substituents is 1. The number of para-hydroxylation sites is 2. The predicted octanol–water partition coefficient (Wildman–Crippen LogP) is 0.957. The molecule has 1 aromatic carbocycles. The SMILES string of the molecule is O=C(COc1ccccc1[N+](=O)[O-])N1CCC[C@H](O)C1. The molecule has 0 bridgehead atoms. The quantitative estimate of drug-likeness (QED) is 0.655. The van der Waals surface area contributed by atoms with E-state index in [9.17, 15) is 20.0 Å². The summed E-state index contributed by atoms with van der Waals surface area (Å²) in [4.78, 5) is 23.7. The smallest absolute Gasteiger partial charge is 0.310 e. The molecule has 0 unspecified atom stereocenters. The van der Waals surface area contributed by atoms with Crippen LogP contribution in [0.2, 0.25) is 0 Å². The Morgan fingerprint density at radius 3 is 2.95 bits per heavy atom. The average Bonchev–Trinajstić information content (AvgIpc) is 2.45. The number of hydrogen-bond donors (Lipinski definition) is 1. The van der Waals surface area contributed by atoms with E-state index in [2.05, 4.69) is 0 Å². The van der Waals surface area contributed by atoms with Crippen molar-refractivity contribution in [2.45, 2.75) is 18.9 Å². The second-order valence-corrected chi connectivity index (χ2v) is 4.65. The zero-order chi connectivity index (χ0) is 14.5. The van der Waals surface area contributed by atoms with Crippen LogP contribution in [0.1, 0.15) is 12.8 Å². The van der Waals surface area contributed by atoms with Crippen molar-refractivity contribution >= 4 is 11.6 Å². The van der Waals surface area contributed by atoms with Crippen LogP contribution < -0.4 is 4.74 Å². The molecule has 1 aliphatic rings. The predicted molar refractivity (Wildman–Crippen MR) is 70.4 cm³/mol. The van der Waals surface area contributed by atoms with Crippen molar-refractivity contribution in [2.24, 2.45) is 0 Å². The molecule has 0 radical (unpaired) electrons. The van der Waals surface area contributed by atoms with Crippen LogP contribution in [-0.2, 0) is 4.79 Å². The number of likely N-dealkylation sites (tertiary alicyclic amines) is 1. The molecule has 20 heavy (non-hydrogen) atoms. The van der Waals surface area contributed by atoms with Gasteiger partial charge in [-0.25, -0.2) is 0 Å². The number of β-amino-alcohol motifs (C(OH)–C–C–N with tert-alkyl or cyclic N) is 1. The molecule has 1 atom stereocenters. The van der Waals surface area contributed by atoms with Crippen LogP contribution in [0.15, 0.2) is 24.3 Å². The van der Waals surface area contributed by atoms with Gasteiger partial charge in [-0.2, -0.15) is 0 Å². The number of nitrogens with zero attached hydrogens (tertiary/aromatic N) is 2. The largest absolute Gasteiger partial charge is 0.477 e. The van der Waals surface area contributed by atoms with E-state index in [0.717, 1.165) is 6.42 Å². The highest BCUT2D eigenvalue weighted by Gasteiger charge is 2.23. The maximum Gasteiger partial charge on any atom is 0.310 e. The van der Waals surface area contributed by atoms with E-state index in [1.165, 1.54) is 23.1 Å². The Balaban J connectivity index is 1.95. The maximum absolute atomic E-state index is 11.9. The lowest BCUT2D eigenvalue weighted by molar-refractivity contribution is -0.385. The fourth-order valence-corrected chi connectivity index (χ4v) is 2.14. The van der Waals surface area contributed by atoms with Gasteiger partial charge in [0, 0.05) is 19.2 Å². The van der Waals surface area contributed by atoms with Crippen LogP contribution >= 0.6 is 0 Å². The molecule has 0 aliphatic carbocycles. The molecule has 1 N–H and O–H groups in total. The third-order valence-electron chi connectivity index (χ3n) is 3.16. The summed E-state index contributed by atoms with van der Waals surface area (Å²) in [5, 5.41) is 20.3. The number of hydrogen-bond acceptors (Lipinski definition) is 5. The van der Waals surface area contributed by atoms with Crippen molar-refractivity contribution in [1.29, 1.82) is 0 Å². The third-order valence-corrected chi connectivity index (χ3v) is 3.16. The third kappa shape index (κ3) is 3.45. The Morgan fingerprint density at radius 1 is 1.50 bits per heavy atom. The number of piperidine rings is 1. The first-order valence-corrected chi connectivity index (χ1v) is 6.40. The van der Waals surface area contributed by atoms with E-state index >= 15 is 0 Å². The Hall–Kier alpha value is -2.15. The van der Waals surface area contributed by atoms with Gasteiger partial charge in [0.15, 0.2) is 12.4 Å². The Kier molecular flexibility index (Phi) is 4.52. The van der Waals surface area contributed by atoms with Gasteiger partial charge in [-0.15, -0.1) is 0 Å². The monoisotopic (exact) mass is 280 g/mol. The van der Waals surface area contributed by atoms with E-state index in [1.807, 2.05) is 0 Å². The van der Waals surface area contributed by atoms with Gasteiger partial charge >= 0.3 is 5.69 Å². The van der Waals surface area contributed by atoms with Gasteiger partial charge in [0.25, 0.3) is 5.91 Å². The minimum Gasteiger partial charge on any atom is -0.477 e. The summed E-state index contributed by atoms with van der Waals surface area (Å²) in [6, 6.07) is 5.92.